The Bertz CT molecular complexity index is 704. The fourth-order valence-corrected chi connectivity index (χ4v) is 2.80. The van der Waals surface area contributed by atoms with Crippen LogP contribution in [0.5, 0.6) is 0 Å². The molecule has 22 heavy (non-hydrogen) atoms. The maximum Gasteiger partial charge on any atom is 0.270 e. The predicted molar refractivity (Wildman–Crippen MR) is 80.8 cm³/mol. The molecular formula is C15H16N4O3. The minimum absolute atomic E-state index is 0.100. The second kappa shape index (κ2) is 5.97. The van der Waals surface area contributed by atoms with Crippen molar-refractivity contribution in [2.45, 2.75) is 31.7 Å². The van der Waals surface area contributed by atoms with Crippen LogP contribution in [0.4, 0.5) is 11.5 Å². The normalized spacial score (nSPS) is 14.9. The highest BCUT2D eigenvalue weighted by Crippen LogP contribution is 2.31. The fourth-order valence-electron chi connectivity index (χ4n) is 2.80. The summed E-state index contributed by atoms with van der Waals surface area (Å²) in [6.45, 7) is 0. The van der Waals surface area contributed by atoms with Gasteiger partial charge in [-0.3, -0.25) is 14.9 Å². The van der Waals surface area contributed by atoms with E-state index in [-0.39, 0.29) is 17.2 Å². The molecule has 0 unspecified atom stereocenters. The number of nitro groups is 1. The summed E-state index contributed by atoms with van der Waals surface area (Å²) < 4.78 is 1.84. The molecule has 0 aliphatic heterocycles. The zero-order chi connectivity index (χ0) is 15.5. The van der Waals surface area contributed by atoms with E-state index in [1.165, 1.54) is 31.0 Å². The van der Waals surface area contributed by atoms with Gasteiger partial charge in [0, 0.05) is 23.8 Å². The largest absolute Gasteiger partial charge is 0.307 e. The number of rotatable bonds is 4. The van der Waals surface area contributed by atoms with Gasteiger partial charge in [-0.1, -0.05) is 18.9 Å². The SMILES string of the molecule is O=C(Nc1ccnn1C1CCCC1)c1cccc([N+](=O)[O-])c1. The Labute approximate surface area is 127 Å². The Balaban J connectivity index is 1.78. The number of non-ortho nitro benzene ring substituents is 1. The molecule has 0 atom stereocenters. The molecule has 1 amide bonds. The van der Waals surface area contributed by atoms with E-state index >= 15 is 0 Å². The van der Waals surface area contributed by atoms with Crippen LogP contribution in [0.15, 0.2) is 36.5 Å². The lowest BCUT2D eigenvalue weighted by molar-refractivity contribution is -0.384. The first-order valence-electron chi connectivity index (χ1n) is 7.24. The molecule has 3 rings (SSSR count). The Morgan fingerprint density at radius 1 is 1.32 bits per heavy atom. The average Bonchev–Trinajstić information content (AvgIpc) is 3.18. The lowest BCUT2D eigenvalue weighted by Gasteiger charge is -2.14. The van der Waals surface area contributed by atoms with Gasteiger partial charge in [0.25, 0.3) is 11.6 Å². The molecule has 1 aromatic heterocycles. The van der Waals surface area contributed by atoms with E-state index in [9.17, 15) is 14.9 Å². The van der Waals surface area contributed by atoms with Crippen molar-refractivity contribution in [3.8, 4) is 0 Å². The van der Waals surface area contributed by atoms with E-state index in [2.05, 4.69) is 10.4 Å². The topological polar surface area (TPSA) is 90.1 Å². The van der Waals surface area contributed by atoms with Crippen LogP contribution in [-0.2, 0) is 0 Å². The second-order valence-electron chi connectivity index (χ2n) is 5.36. The fraction of sp³-hybridized carbons (Fsp3) is 0.333. The monoisotopic (exact) mass is 300 g/mol. The van der Waals surface area contributed by atoms with Crippen LogP contribution in [0.3, 0.4) is 0 Å². The summed E-state index contributed by atoms with van der Waals surface area (Å²) in [5.74, 6) is 0.256. The van der Waals surface area contributed by atoms with Gasteiger partial charge < -0.3 is 5.32 Å². The van der Waals surface area contributed by atoms with E-state index in [4.69, 9.17) is 0 Å². The Morgan fingerprint density at radius 2 is 2.09 bits per heavy atom. The highest BCUT2D eigenvalue weighted by Gasteiger charge is 2.21. The van der Waals surface area contributed by atoms with Crippen molar-refractivity contribution in [2.24, 2.45) is 0 Å². The second-order valence-corrected chi connectivity index (χ2v) is 5.36. The summed E-state index contributed by atoms with van der Waals surface area (Å²) in [5.41, 5.74) is 0.158. The zero-order valence-corrected chi connectivity index (χ0v) is 11.9. The number of nitrogens with one attached hydrogen (secondary N) is 1. The summed E-state index contributed by atoms with van der Waals surface area (Å²) in [5, 5.41) is 17.9. The van der Waals surface area contributed by atoms with Gasteiger partial charge in [-0.05, 0) is 18.9 Å². The molecule has 1 N–H and O–H groups in total. The molecule has 2 aromatic rings. The number of hydrogen-bond acceptors (Lipinski definition) is 4. The maximum absolute atomic E-state index is 12.3. The van der Waals surface area contributed by atoms with Crippen LogP contribution in [0.1, 0.15) is 42.1 Å². The number of nitro benzene ring substituents is 1. The molecule has 1 aliphatic carbocycles. The minimum Gasteiger partial charge on any atom is -0.307 e. The van der Waals surface area contributed by atoms with Crippen LogP contribution in [0, 0.1) is 10.1 Å². The van der Waals surface area contributed by atoms with E-state index < -0.39 is 4.92 Å². The van der Waals surface area contributed by atoms with Gasteiger partial charge in [0.15, 0.2) is 0 Å². The third-order valence-corrected chi connectivity index (χ3v) is 3.90. The lowest BCUT2D eigenvalue weighted by atomic mass is 10.2. The van der Waals surface area contributed by atoms with Crippen molar-refractivity contribution in [1.29, 1.82) is 0 Å². The van der Waals surface area contributed by atoms with E-state index in [1.54, 1.807) is 18.3 Å². The number of nitrogens with zero attached hydrogens (tertiary/aromatic N) is 3. The molecule has 7 heteroatoms. The molecular weight excluding hydrogens is 284 g/mol. The van der Waals surface area contributed by atoms with Gasteiger partial charge in [0.1, 0.15) is 5.82 Å². The highest BCUT2D eigenvalue weighted by atomic mass is 16.6. The molecule has 7 nitrogen and oxygen atoms in total. The van der Waals surface area contributed by atoms with Crippen molar-refractivity contribution >= 4 is 17.4 Å². The number of benzene rings is 1. The third-order valence-electron chi connectivity index (χ3n) is 3.90. The molecule has 1 fully saturated rings. The van der Waals surface area contributed by atoms with Crippen LogP contribution < -0.4 is 5.32 Å². The van der Waals surface area contributed by atoms with Crippen LogP contribution in [-0.4, -0.2) is 20.6 Å². The standard InChI is InChI=1S/C15H16N4O3/c20-15(11-4-3-7-13(10-11)19(21)22)17-14-8-9-16-18(14)12-5-1-2-6-12/h3-4,7-10,12H,1-2,5-6H2,(H,17,20). The number of hydrogen-bond donors (Lipinski definition) is 1. The summed E-state index contributed by atoms with van der Waals surface area (Å²) in [6, 6.07) is 7.74. The van der Waals surface area contributed by atoms with Crippen molar-refractivity contribution in [3.63, 3.8) is 0 Å². The number of carbonyl (C=O) groups is 1. The van der Waals surface area contributed by atoms with E-state index in [0.29, 0.717) is 11.9 Å². The Kier molecular flexibility index (Phi) is 3.86. The third kappa shape index (κ3) is 2.83. The minimum atomic E-state index is -0.514. The maximum atomic E-state index is 12.3. The summed E-state index contributed by atoms with van der Waals surface area (Å²) in [4.78, 5) is 22.5. The molecule has 1 saturated carbocycles. The molecule has 1 aliphatic rings. The van der Waals surface area contributed by atoms with Gasteiger partial charge in [-0.15, -0.1) is 0 Å². The van der Waals surface area contributed by atoms with E-state index in [0.717, 1.165) is 12.8 Å². The molecule has 1 heterocycles. The van der Waals surface area contributed by atoms with E-state index in [1.807, 2.05) is 4.68 Å². The number of anilines is 1. The smallest absolute Gasteiger partial charge is 0.270 e. The Morgan fingerprint density at radius 3 is 2.82 bits per heavy atom. The first-order chi connectivity index (χ1) is 10.6. The van der Waals surface area contributed by atoms with Crippen LogP contribution in [0.25, 0.3) is 0 Å². The van der Waals surface area contributed by atoms with Gasteiger partial charge in [-0.2, -0.15) is 5.10 Å². The molecule has 0 bridgehead atoms. The van der Waals surface area contributed by atoms with Crippen molar-refractivity contribution in [2.75, 3.05) is 5.32 Å². The first-order valence-corrected chi connectivity index (χ1v) is 7.24. The first kappa shape index (κ1) is 14.2. The molecule has 114 valence electrons. The lowest BCUT2D eigenvalue weighted by Crippen LogP contribution is -2.17. The highest BCUT2D eigenvalue weighted by molar-refractivity contribution is 6.04. The van der Waals surface area contributed by atoms with Crippen molar-refractivity contribution in [1.82, 2.24) is 9.78 Å². The van der Waals surface area contributed by atoms with Crippen LogP contribution in [0.2, 0.25) is 0 Å². The number of aromatic nitrogens is 2. The Hall–Kier alpha value is -2.70. The molecule has 0 spiro atoms. The number of amides is 1. The molecule has 0 saturated heterocycles. The van der Waals surface area contributed by atoms with Crippen molar-refractivity contribution < 1.29 is 9.72 Å². The van der Waals surface area contributed by atoms with Crippen LogP contribution >= 0.6 is 0 Å². The van der Waals surface area contributed by atoms with Gasteiger partial charge in [-0.25, -0.2) is 4.68 Å². The van der Waals surface area contributed by atoms with Gasteiger partial charge >= 0.3 is 0 Å². The predicted octanol–water partition coefficient (Wildman–Crippen LogP) is 3.16. The quantitative estimate of drug-likeness (QED) is 0.693. The van der Waals surface area contributed by atoms with Gasteiger partial charge in [0.2, 0.25) is 0 Å². The summed E-state index contributed by atoms with van der Waals surface area (Å²) >= 11 is 0. The summed E-state index contributed by atoms with van der Waals surface area (Å²) in [7, 11) is 0. The molecule has 1 aromatic carbocycles. The van der Waals surface area contributed by atoms with Crippen molar-refractivity contribution in [3.05, 3.63) is 52.2 Å². The average molecular weight is 300 g/mol. The van der Waals surface area contributed by atoms with Gasteiger partial charge in [0.05, 0.1) is 17.2 Å². The zero-order valence-electron chi connectivity index (χ0n) is 11.9. The molecule has 0 radical (unpaired) electrons. The number of carbonyl (C=O) groups excluding carboxylic acids is 1. The summed E-state index contributed by atoms with van der Waals surface area (Å²) in [6.07, 6.45) is 6.11.